The van der Waals surface area contributed by atoms with Crippen molar-refractivity contribution in [2.24, 2.45) is 5.92 Å². The monoisotopic (exact) mass is 358 g/mol. The molecular weight excluding hydrogens is 328 g/mol. The van der Waals surface area contributed by atoms with Crippen molar-refractivity contribution in [2.75, 3.05) is 20.2 Å². The lowest BCUT2D eigenvalue weighted by Crippen LogP contribution is -2.56. The van der Waals surface area contributed by atoms with E-state index in [4.69, 9.17) is 4.74 Å². The third kappa shape index (κ3) is 4.04. The maximum atomic E-state index is 11.2. The van der Waals surface area contributed by atoms with Crippen LogP contribution < -0.4 is 10.1 Å². The molecule has 2 saturated carbocycles. The quantitative estimate of drug-likeness (QED) is 0.748. The molecule has 0 saturated heterocycles. The van der Waals surface area contributed by atoms with Crippen molar-refractivity contribution in [1.82, 2.24) is 10.2 Å². The van der Waals surface area contributed by atoms with Crippen LogP contribution in [-0.4, -0.2) is 54.3 Å². The SMILES string of the molecule is COc1cccc2c1CCC(NC1CC(N(CC(=O)O)CC3CC3)C1)C2. The molecule has 1 aromatic carbocycles. The molecule has 2 N–H and O–H groups in total. The number of rotatable bonds is 8. The van der Waals surface area contributed by atoms with Crippen molar-refractivity contribution in [3.05, 3.63) is 29.3 Å². The van der Waals surface area contributed by atoms with Crippen molar-refractivity contribution >= 4 is 5.97 Å². The van der Waals surface area contributed by atoms with E-state index in [1.807, 2.05) is 0 Å². The third-order valence-electron chi connectivity index (χ3n) is 6.29. The molecule has 5 nitrogen and oxygen atoms in total. The van der Waals surface area contributed by atoms with Crippen LogP contribution in [-0.2, 0) is 17.6 Å². The number of carbonyl (C=O) groups is 1. The molecule has 1 unspecified atom stereocenters. The van der Waals surface area contributed by atoms with Gasteiger partial charge in [0.05, 0.1) is 13.7 Å². The highest BCUT2D eigenvalue weighted by Gasteiger charge is 2.38. The average Bonchev–Trinajstić information content (AvgIpc) is 3.40. The maximum absolute atomic E-state index is 11.2. The molecule has 4 rings (SSSR count). The van der Waals surface area contributed by atoms with Gasteiger partial charge in [0.25, 0.3) is 0 Å². The molecule has 0 radical (unpaired) electrons. The molecule has 0 aromatic heterocycles. The zero-order valence-corrected chi connectivity index (χ0v) is 15.6. The molecule has 2 fully saturated rings. The van der Waals surface area contributed by atoms with E-state index in [1.54, 1.807) is 7.11 Å². The second-order valence-electron chi connectivity index (χ2n) is 8.29. The molecule has 1 atom stereocenters. The summed E-state index contributed by atoms with van der Waals surface area (Å²) < 4.78 is 5.50. The van der Waals surface area contributed by atoms with Crippen LogP contribution in [0.25, 0.3) is 0 Å². The van der Waals surface area contributed by atoms with Crippen molar-refractivity contribution in [1.29, 1.82) is 0 Å². The third-order valence-corrected chi connectivity index (χ3v) is 6.29. The average molecular weight is 358 g/mol. The van der Waals surface area contributed by atoms with E-state index in [0.717, 1.165) is 50.3 Å². The van der Waals surface area contributed by atoms with Crippen molar-refractivity contribution in [3.8, 4) is 5.75 Å². The molecule has 0 heterocycles. The van der Waals surface area contributed by atoms with E-state index in [2.05, 4.69) is 28.4 Å². The summed E-state index contributed by atoms with van der Waals surface area (Å²) in [5.41, 5.74) is 2.78. The molecule has 0 aliphatic heterocycles. The molecule has 1 aromatic rings. The summed E-state index contributed by atoms with van der Waals surface area (Å²) >= 11 is 0. The normalized spacial score (nSPS) is 27.7. The summed E-state index contributed by atoms with van der Waals surface area (Å²) in [6, 6.07) is 7.87. The number of carboxylic acid groups (broad SMARTS) is 1. The first-order valence-corrected chi connectivity index (χ1v) is 9.99. The summed E-state index contributed by atoms with van der Waals surface area (Å²) in [7, 11) is 1.75. The molecule has 5 heteroatoms. The largest absolute Gasteiger partial charge is 0.496 e. The summed E-state index contributed by atoms with van der Waals surface area (Å²) in [5, 5.41) is 13.0. The number of benzene rings is 1. The highest BCUT2D eigenvalue weighted by molar-refractivity contribution is 5.69. The summed E-state index contributed by atoms with van der Waals surface area (Å²) in [4.78, 5) is 13.4. The number of hydrogen-bond donors (Lipinski definition) is 2. The Labute approximate surface area is 155 Å². The fourth-order valence-electron chi connectivity index (χ4n) is 4.61. The summed E-state index contributed by atoms with van der Waals surface area (Å²) in [5.74, 6) is 1.07. The van der Waals surface area contributed by atoms with Gasteiger partial charge in [0.1, 0.15) is 5.75 Å². The Kier molecular flexibility index (Phi) is 5.18. The van der Waals surface area contributed by atoms with E-state index in [9.17, 15) is 9.90 Å². The highest BCUT2D eigenvalue weighted by atomic mass is 16.5. The first-order valence-electron chi connectivity index (χ1n) is 9.99. The van der Waals surface area contributed by atoms with E-state index in [0.29, 0.717) is 18.1 Å². The molecule has 26 heavy (non-hydrogen) atoms. The summed E-state index contributed by atoms with van der Waals surface area (Å²) in [6.07, 6.45) is 8.00. The van der Waals surface area contributed by atoms with Crippen molar-refractivity contribution in [2.45, 2.75) is 63.1 Å². The molecule has 0 spiro atoms. The second kappa shape index (κ2) is 7.57. The number of carboxylic acids is 1. The van der Waals surface area contributed by atoms with E-state index < -0.39 is 5.97 Å². The van der Waals surface area contributed by atoms with Gasteiger partial charge in [0.15, 0.2) is 0 Å². The van der Waals surface area contributed by atoms with Crippen LogP contribution in [0.1, 0.15) is 43.2 Å². The number of aliphatic carboxylic acids is 1. The van der Waals surface area contributed by atoms with Gasteiger partial charge in [-0.3, -0.25) is 9.69 Å². The minimum Gasteiger partial charge on any atom is -0.496 e. The predicted octanol–water partition coefficient (Wildman–Crippen LogP) is 2.47. The second-order valence-corrected chi connectivity index (χ2v) is 8.29. The zero-order valence-electron chi connectivity index (χ0n) is 15.6. The predicted molar refractivity (Wildman–Crippen MR) is 101 cm³/mol. The molecule has 0 amide bonds. The lowest BCUT2D eigenvalue weighted by molar-refractivity contribution is -0.139. The van der Waals surface area contributed by atoms with Crippen molar-refractivity contribution < 1.29 is 14.6 Å². The molecule has 0 bridgehead atoms. The fourth-order valence-corrected chi connectivity index (χ4v) is 4.61. The van der Waals surface area contributed by atoms with E-state index in [-0.39, 0.29) is 6.54 Å². The summed E-state index contributed by atoms with van der Waals surface area (Å²) in [6.45, 7) is 1.17. The Morgan fingerprint density at radius 2 is 2.08 bits per heavy atom. The lowest BCUT2D eigenvalue weighted by Gasteiger charge is -2.44. The molecule has 3 aliphatic carbocycles. The van der Waals surface area contributed by atoms with Crippen LogP contribution >= 0.6 is 0 Å². The van der Waals surface area contributed by atoms with Gasteiger partial charge in [-0.25, -0.2) is 0 Å². The van der Waals surface area contributed by atoms with Gasteiger partial charge in [-0.2, -0.15) is 0 Å². The van der Waals surface area contributed by atoms with Gasteiger partial charge in [-0.15, -0.1) is 0 Å². The molecular formula is C21H30N2O3. The minimum absolute atomic E-state index is 0.199. The zero-order chi connectivity index (χ0) is 18.1. The highest BCUT2D eigenvalue weighted by Crippen LogP contribution is 2.35. The van der Waals surface area contributed by atoms with Crippen LogP contribution in [0, 0.1) is 5.92 Å². The Hall–Kier alpha value is -1.59. The Morgan fingerprint density at radius 3 is 2.77 bits per heavy atom. The van der Waals surface area contributed by atoms with Gasteiger partial charge in [0, 0.05) is 24.7 Å². The van der Waals surface area contributed by atoms with E-state index >= 15 is 0 Å². The van der Waals surface area contributed by atoms with Crippen LogP contribution in [0.5, 0.6) is 5.75 Å². The number of ether oxygens (including phenoxy) is 1. The number of fused-ring (bicyclic) bond motifs is 1. The molecule has 3 aliphatic rings. The topological polar surface area (TPSA) is 61.8 Å². The van der Waals surface area contributed by atoms with Crippen LogP contribution in [0.4, 0.5) is 0 Å². The number of hydrogen-bond acceptors (Lipinski definition) is 4. The van der Waals surface area contributed by atoms with Crippen LogP contribution in [0.2, 0.25) is 0 Å². The minimum atomic E-state index is -0.695. The Morgan fingerprint density at radius 1 is 1.27 bits per heavy atom. The first kappa shape index (κ1) is 17.8. The van der Waals surface area contributed by atoms with E-state index in [1.165, 1.54) is 24.0 Å². The van der Waals surface area contributed by atoms with Crippen molar-refractivity contribution in [3.63, 3.8) is 0 Å². The van der Waals surface area contributed by atoms with Crippen LogP contribution in [0.15, 0.2) is 18.2 Å². The Bertz CT molecular complexity index is 653. The van der Waals surface area contributed by atoms with Gasteiger partial charge >= 0.3 is 5.97 Å². The maximum Gasteiger partial charge on any atom is 0.317 e. The number of nitrogens with one attached hydrogen (secondary N) is 1. The number of methoxy groups -OCH3 is 1. The fraction of sp³-hybridized carbons (Fsp3) is 0.667. The Balaban J connectivity index is 1.28. The number of nitrogens with zero attached hydrogens (tertiary/aromatic N) is 1. The first-order chi connectivity index (χ1) is 12.6. The molecule has 142 valence electrons. The lowest BCUT2D eigenvalue weighted by atomic mass is 9.82. The van der Waals surface area contributed by atoms with Gasteiger partial charge < -0.3 is 15.2 Å². The van der Waals surface area contributed by atoms with Gasteiger partial charge in [0.2, 0.25) is 0 Å². The van der Waals surface area contributed by atoms with Gasteiger partial charge in [-0.1, -0.05) is 12.1 Å². The smallest absolute Gasteiger partial charge is 0.317 e. The standard InChI is InChI=1S/C21H30N2O3/c1-26-20-4-2-3-15-9-16(7-8-19(15)20)22-17-10-18(11-17)23(13-21(24)25)12-14-5-6-14/h2-4,14,16-18,22H,5-13H2,1H3,(H,24,25). The van der Waals surface area contributed by atoms with Gasteiger partial charge in [-0.05, 0) is 68.1 Å². The van der Waals surface area contributed by atoms with Crippen LogP contribution in [0.3, 0.4) is 0 Å².